The Morgan fingerprint density at radius 1 is 1.44 bits per heavy atom. The molecule has 1 aliphatic heterocycles. The van der Waals surface area contributed by atoms with Gasteiger partial charge in [-0.3, -0.25) is 9.59 Å². The molecule has 1 aliphatic rings. The highest BCUT2D eigenvalue weighted by molar-refractivity contribution is 5.76. The summed E-state index contributed by atoms with van der Waals surface area (Å²) in [5.74, 6) is 1.07. The minimum absolute atomic E-state index is 0.0922. The molecule has 0 saturated carbocycles. The molecule has 0 unspecified atom stereocenters. The van der Waals surface area contributed by atoms with Gasteiger partial charge in [-0.2, -0.15) is 0 Å². The molecule has 0 aromatic rings. The van der Waals surface area contributed by atoms with Gasteiger partial charge in [0.15, 0.2) is 0 Å². The molecule has 1 rings (SSSR count). The summed E-state index contributed by atoms with van der Waals surface area (Å²) < 4.78 is 0. The summed E-state index contributed by atoms with van der Waals surface area (Å²) in [6.07, 6.45) is 4.20. The number of rotatable bonds is 5. The largest absolute Gasteiger partial charge is 0.353 e. The van der Waals surface area contributed by atoms with Crippen molar-refractivity contribution in [3.63, 3.8) is 0 Å². The number of nitrogens with one attached hydrogen (secondary N) is 1. The number of nitrogens with zero attached hydrogens (tertiary/aromatic N) is 1. The van der Waals surface area contributed by atoms with Gasteiger partial charge in [0.25, 0.3) is 0 Å². The number of carbonyl (C=O) groups excluding carboxylic acids is 2. The Kier molecular flexibility index (Phi) is 5.89. The van der Waals surface area contributed by atoms with Crippen LogP contribution in [0.3, 0.4) is 0 Å². The second-order valence-corrected chi connectivity index (χ2v) is 4.98. The van der Waals surface area contributed by atoms with Crippen LogP contribution in [0.25, 0.3) is 0 Å². The second kappa shape index (κ2) is 7.19. The number of amides is 2. The van der Waals surface area contributed by atoms with Crippen molar-refractivity contribution >= 4 is 11.8 Å². The van der Waals surface area contributed by atoms with E-state index in [1.165, 1.54) is 0 Å². The molecule has 0 aromatic carbocycles. The van der Waals surface area contributed by atoms with E-state index in [4.69, 9.17) is 0 Å². The third-order valence-corrected chi connectivity index (χ3v) is 3.75. The van der Waals surface area contributed by atoms with Crippen LogP contribution < -0.4 is 5.32 Å². The van der Waals surface area contributed by atoms with Crippen molar-refractivity contribution in [3.05, 3.63) is 12.7 Å². The number of piperidine rings is 1. The number of carbonyl (C=O) groups is 2. The highest BCUT2D eigenvalue weighted by Gasteiger charge is 2.30. The van der Waals surface area contributed by atoms with Crippen LogP contribution in [-0.4, -0.2) is 36.3 Å². The van der Waals surface area contributed by atoms with Crippen molar-refractivity contribution in [2.75, 3.05) is 19.6 Å². The topological polar surface area (TPSA) is 49.4 Å². The monoisotopic (exact) mass is 252 g/mol. The van der Waals surface area contributed by atoms with E-state index < -0.39 is 0 Å². The molecule has 0 aromatic heterocycles. The van der Waals surface area contributed by atoms with E-state index in [1.807, 2.05) is 4.90 Å². The third kappa shape index (κ3) is 4.17. The average molecular weight is 252 g/mol. The molecule has 4 nitrogen and oxygen atoms in total. The Bertz CT molecular complexity index is 315. The average Bonchev–Trinajstić information content (AvgIpc) is 2.36. The van der Waals surface area contributed by atoms with E-state index in [1.54, 1.807) is 13.0 Å². The molecule has 0 aliphatic carbocycles. The smallest absolute Gasteiger partial charge is 0.220 e. The first kappa shape index (κ1) is 14.7. The van der Waals surface area contributed by atoms with Crippen molar-refractivity contribution in [2.24, 2.45) is 11.8 Å². The number of hydrogen-bond donors (Lipinski definition) is 1. The van der Waals surface area contributed by atoms with Crippen LogP contribution >= 0.6 is 0 Å². The molecule has 1 N–H and O–H groups in total. The van der Waals surface area contributed by atoms with Gasteiger partial charge in [-0.15, -0.1) is 6.58 Å². The lowest BCUT2D eigenvalue weighted by Crippen LogP contribution is -2.44. The van der Waals surface area contributed by atoms with Gasteiger partial charge in [-0.1, -0.05) is 19.4 Å². The van der Waals surface area contributed by atoms with Gasteiger partial charge in [0.05, 0.1) is 0 Å². The van der Waals surface area contributed by atoms with Gasteiger partial charge in [0.1, 0.15) is 0 Å². The van der Waals surface area contributed by atoms with Gasteiger partial charge in [-0.25, -0.2) is 0 Å². The van der Waals surface area contributed by atoms with Crippen molar-refractivity contribution in [1.82, 2.24) is 10.2 Å². The maximum Gasteiger partial charge on any atom is 0.220 e. The molecular weight excluding hydrogens is 228 g/mol. The fraction of sp³-hybridized carbons (Fsp3) is 0.714. The first-order valence-corrected chi connectivity index (χ1v) is 6.71. The molecule has 2 atom stereocenters. The molecule has 1 saturated heterocycles. The van der Waals surface area contributed by atoms with Gasteiger partial charge >= 0.3 is 0 Å². The Balaban J connectivity index is 2.48. The molecule has 1 heterocycles. The minimum atomic E-state index is 0.0922. The zero-order valence-corrected chi connectivity index (χ0v) is 11.4. The molecule has 0 bridgehead atoms. The second-order valence-electron chi connectivity index (χ2n) is 4.98. The van der Waals surface area contributed by atoms with Crippen LogP contribution in [0.1, 0.15) is 33.1 Å². The summed E-state index contributed by atoms with van der Waals surface area (Å²) in [5, 5.41) is 2.82. The molecule has 1 fully saturated rings. The summed E-state index contributed by atoms with van der Waals surface area (Å²) in [6, 6.07) is 0. The van der Waals surface area contributed by atoms with Crippen molar-refractivity contribution < 1.29 is 9.59 Å². The predicted octanol–water partition coefficient (Wildman–Crippen LogP) is 1.57. The molecule has 0 radical (unpaired) electrons. The van der Waals surface area contributed by atoms with Crippen LogP contribution in [0.4, 0.5) is 0 Å². The van der Waals surface area contributed by atoms with Crippen molar-refractivity contribution in [3.8, 4) is 0 Å². The molecule has 4 heteroatoms. The Labute approximate surface area is 109 Å². The summed E-state index contributed by atoms with van der Waals surface area (Å²) >= 11 is 0. The minimum Gasteiger partial charge on any atom is -0.353 e. The lowest BCUT2D eigenvalue weighted by Gasteiger charge is -2.37. The first-order valence-electron chi connectivity index (χ1n) is 6.71. The zero-order chi connectivity index (χ0) is 13.5. The SMILES string of the molecule is C=CCNC(=O)C[C@@H]1CCN(C(C)=O)C[C@@H]1CC. The van der Waals surface area contributed by atoms with E-state index in [9.17, 15) is 9.59 Å². The lowest BCUT2D eigenvalue weighted by molar-refractivity contribution is -0.131. The van der Waals surface area contributed by atoms with Crippen LogP contribution in [0.2, 0.25) is 0 Å². The normalized spacial score (nSPS) is 23.6. The molecule has 2 amide bonds. The number of likely N-dealkylation sites (tertiary alicyclic amines) is 1. The standard InChI is InChI=1S/C14H24N2O2/c1-4-7-15-14(18)9-13-6-8-16(11(3)17)10-12(13)5-2/h4,12-13H,1,5-10H2,2-3H3,(H,15,18)/t12-,13-/m0/s1. The van der Waals surface area contributed by atoms with E-state index in [0.29, 0.717) is 24.8 Å². The van der Waals surface area contributed by atoms with Crippen LogP contribution in [-0.2, 0) is 9.59 Å². The highest BCUT2D eigenvalue weighted by Crippen LogP contribution is 2.28. The summed E-state index contributed by atoms with van der Waals surface area (Å²) in [5.41, 5.74) is 0. The summed E-state index contributed by atoms with van der Waals surface area (Å²) in [4.78, 5) is 25.0. The van der Waals surface area contributed by atoms with Crippen LogP contribution in [0.5, 0.6) is 0 Å². The van der Waals surface area contributed by atoms with E-state index in [-0.39, 0.29) is 11.8 Å². The Morgan fingerprint density at radius 2 is 2.17 bits per heavy atom. The van der Waals surface area contributed by atoms with Gasteiger partial charge in [-0.05, 0) is 18.3 Å². The lowest BCUT2D eigenvalue weighted by atomic mass is 9.81. The van der Waals surface area contributed by atoms with Gasteiger partial charge < -0.3 is 10.2 Å². The summed E-state index contributed by atoms with van der Waals surface area (Å²) in [6.45, 7) is 9.43. The Hall–Kier alpha value is -1.32. The van der Waals surface area contributed by atoms with Crippen LogP contribution in [0, 0.1) is 11.8 Å². The summed E-state index contributed by atoms with van der Waals surface area (Å²) in [7, 11) is 0. The van der Waals surface area contributed by atoms with Gasteiger partial charge in [0, 0.05) is 33.0 Å². The molecular formula is C14H24N2O2. The van der Waals surface area contributed by atoms with E-state index in [2.05, 4.69) is 18.8 Å². The Morgan fingerprint density at radius 3 is 2.72 bits per heavy atom. The quantitative estimate of drug-likeness (QED) is 0.755. The molecule has 0 spiro atoms. The van der Waals surface area contributed by atoms with Crippen molar-refractivity contribution in [1.29, 1.82) is 0 Å². The number of hydrogen-bond acceptors (Lipinski definition) is 2. The predicted molar refractivity (Wildman–Crippen MR) is 72.0 cm³/mol. The van der Waals surface area contributed by atoms with Crippen LogP contribution in [0.15, 0.2) is 12.7 Å². The van der Waals surface area contributed by atoms with E-state index in [0.717, 1.165) is 25.9 Å². The molecule has 18 heavy (non-hydrogen) atoms. The fourth-order valence-electron chi connectivity index (χ4n) is 2.59. The maximum atomic E-state index is 11.7. The fourth-order valence-corrected chi connectivity index (χ4v) is 2.59. The van der Waals surface area contributed by atoms with E-state index >= 15 is 0 Å². The zero-order valence-electron chi connectivity index (χ0n) is 11.4. The molecule has 102 valence electrons. The third-order valence-electron chi connectivity index (χ3n) is 3.75. The maximum absolute atomic E-state index is 11.7. The van der Waals surface area contributed by atoms with Crippen molar-refractivity contribution in [2.45, 2.75) is 33.1 Å². The van der Waals surface area contributed by atoms with Gasteiger partial charge in [0.2, 0.25) is 11.8 Å². The first-order chi connectivity index (χ1) is 8.58. The highest BCUT2D eigenvalue weighted by atomic mass is 16.2.